The Morgan fingerprint density at radius 2 is 1.50 bits per heavy atom. The van der Waals surface area contributed by atoms with E-state index in [1.807, 2.05) is 0 Å². The van der Waals surface area contributed by atoms with Gasteiger partial charge in [-0.05, 0) is 30.3 Å². The molecule has 0 spiro atoms. The van der Waals surface area contributed by atoms with Crippen molar-refractivity contribution < 1.29 is 14.6 Å². The summed E-state index contributed by atoms with van der Waals surface area (Å²) in [6.45, 7) is 0. The number of aromatic hydroxyl groups is 2. The van der Waals surface area contributed by atoms with Crippen molar-refractivity contribution in [1.29, 1.82) is 0 Å². The molecule has 0 aliphatic carbocycles. The standard InChI is InChI=1S/C12H8ClFO2/c13-11-4-2-7(15)5-10(11)9-3-1-8(16)6-12(9)14/h1-6,15-16H. The second-order valence-corrected chi connectivity index (χ2v) is 3.74. The predicted octanol–water partition coefficient (Wildman–Crippen LogP) is 3.56. The van der Waals surface area contributed by atoms with Crippen LogP contribution in [0.4, 0.5) is 4.39 Å². The number of hydrogen-bond acceptors (Lipinski definition) is 2. The molecule has 16 heavy (non-hydrogen) atoms. The lowest BCUT2D eigenvalue weighted by molar-refractivity contribution is 0.469. The van der Waals surface area contributed by atoms with Crippen molar-refractivity contribution in [2.45, 2.75) is 0 Å². The van der Waals surface area contributed by atoms with Crippen LogP contribution in [0.3, 0.4) is 0 Å². The Hall–Kier alpha value is -1.74. The van der Waals surface area contributed by atoms with Crippen LogP contribution in [0.5, 0.6) is 11.5 Å². The Morgan fingerprint density at radius 1 is 0.875 bits per heavy atom. The maximum Gasteiger partial charge on any atom is 0.134 e. The maximum absolute atomic E-state index is 13.5. The van der Waals surface area contributed by atoms with Gasteiger partial charge in [0.05, 0.1) is 0 Å². The van der Waals surface area contributed by atoms with E-state index in [1.165, 1.54) is 30.3 Å². The zero-order chi connectivity index (χ0) is 11.7. The summed E-state index contributed by atoms with van der Waals surface area (Å²) in [7, 11) is 0. The van der Waals surface area contributed by atoms with E-state index in [0.717, 1.165) is 6.07 Å². The highest BCUT2D eigenvalue weighted by Crippen LogP contribution is 2.33. The molecule has 2 nitrogen and oxygen atoms in total. The van der Waals surface area contributed by atoms with E-state index in [1.54, 1.807) is 0 Å². The van der Waals surface area contributed by atoms with Gasteiger partial charge in [0.1, 0.15) is 17.3 Å². The summed E-state index contributed by atoms with van der Waals surface area (Å²) in [5.74, 6) is -0.739. The number of phenols is 2. The lowest BCUT2D eigenvalue weighted by Crippen LogP contribution is -1.85. The third kappa shape index (κ3) is 1.95. The number of halogens is 2. The summed E-state index contributed by atoms with van der Waals surface area (Å²) in [4.78, 5) is 0. The van der Waals surface area contributed by atoms with Gasteiger partial charge >= 0.3 is 0 Å². The average Bonchev–Trinajstić information content (AvgIpc) is 2.22. The molecule has 0 amide bonds. The minimum Gasteiger partial charge on any atom is -0.508 e. The normalized spacial score (nSPS) is 10.4. The molecule has 2 aromatic carbocycles. The molecule has 0 atom stereocenters. The highest BCUT2D eigenvalue weighted by molar-refractivity contribution is 6.33. The quantitative estimate of drug-likeness (QED) is 0.798. The minimum absolute atomic E-state index is 0.00637. The fraction of sp³-hybridized carbons (Fsp3) is 0. The second kappa shape index (κ2) is 4.02. The van der Waals surface area contributed by atoms with E-state index in [4.69, 9.17) is 16.7 Å². The van der Waals surface area contributed by atoms with Crippen LogP contribution in [-0.4, -0.2) is 10.2 Å². The first-order valence-corrected chi connectivity index (χ1v) is 4.93. The highest BCUT2D eigenvalue weighted by Gasteiger charge is 2.10. The van der Waals surface area contributed by atoms with Gasteiger partial charge in [0.15, 0.2) is 0 Å². The van der Waals surface area contributed by atoms with Crippen LogP contribution in [0.15, 0.2) is 36.4 Å². The molecule has 0 aromatic heterocycles. The fourth-order valence-electron chi connectivity index (χ4n) is 1.44. The molecule has 2 rings (SSSR count). The van der Waals surface area contributed by atoms with Crippen LogP contribution >= 0.6 is 11.6 Å². The molecule has 2 aromatic rings. The first-order chi connectivity index (χ1) is 7.58. The summed E-state index contributed by atoms with van der Waals surface area (Å²) < 4.78 is 13.5. The van der Waals surface area contributed by atoms with Gasteiger partial charge in [-0.2, -0.15) is 0 Å². The van der Waals surface area contributed by atoms with Gasteiger partial charge in [-0.3, -0.25) is 0 Å². The number of hydrogen-bond donors (Lipinski definition) is 2. The van der Waals surface area contributed by atoms with Crippen molar-refractivity contribution in [2.24, 2.45) is 0 Å². The van der Waals surface area contributed by atoms with Gasteiger partial charge in [-0.25, -0.2) is 4.39 Å². The molecule has 4 heteroatoms. The first-order valence-electron chi connectivity index (χ1n) is 4.55. The van der Waals surface area contributed by atoms with Gasteiger partial charge in [-0.15, -0.1) is 0 Å². The van der Waals surface area contributed by atoms with E-state index >= 15 is 0 Å². The molecule has 0 radical (unpaired) electrons. The van der Waals surface area contributed by atoms with Crippen molar-refractivity contribution in [3.63, 3.8) is 0 Å². The average molecular weight is 239 g/mol. The predicted molar refractivity (Wildman–Crippen MR) is 60.2 cm³/mol. The Bertz CT molecular complexity index is 541. The molecule has 0 saturated heterocycles. The lowest BCUT2D eigenvalue weighted by atomic mass is 10.0. The van der Waals surface area contributed by atoms with Crippen LogP contribution in [0, 0.1) is 5.82 Å². The van der Waals surface area contributed by atoms with Crippen molar-refractivity contribution in [1.82, 2.24) is 0 Å². The van der Waals surface area contributed by atoms with E-state index in [-0.39, 0.29) is 17.1 Å². The Kier molecular flexibility index (Phi) is 2.71. The van der Waals surface area contributed by atoms with E-state index < -0.39 is 5.82 Å². The highest BCUT2D eigenvalue weighted by atomic mass is 35.5. The summed E-state index contributed by atoms with van der Waals surface area (Å²) in [6, 6.07) is 8.04. The topological polar surface area (TPSA) is 40.5 Å². The smallest absolute Gasteiger partial charge is 0.134 e. The maximum atomic E-state index is 13.5. The Labute approximate surface area is 96.5 Å². The summed E-state index contributed by atoms with van der Waals surface area (Å²) in [5, 5.41) is 18.7. The van der Waals surface area contributed by atoms with Crippen LogP contribution in [-0.2, 0) is 0 Å². The number of rotatable bonds is 1. The third-order valence-corrected chi connectivity index (χ3v) is 2.52. The van der Waals surface area contributed by atoms with Crippen molar-refractivity contribution in [2.75, 3.05) is 0 Å². The molecule has 0 bridgehead atoms. The fourth-order valence-corrected chi connectivity index (χ4v) is 1.66. The van der Waals surface area contributed by atoms with Crippen molar-refractivity contribution in [3.05, 3.63) is 47.2 Å². The molecule has 82 valence electrons. The Morgan fingerprint density at radius 3 is 2.19 bits per heavy atom. The van der Waals surface area contributed by atoms with Gasteiger partial charge in [0, 0.05) is 22.2 Å². The molecule has 2 N–H and O–H groups in total. The van der Waals surface area contributed by atoms with Gasteiger partial charge < -0.3 is 10.2 Å². The second-order valence-electron chi connectivity index (χ2n) is 3.33. The molecule has 0 fully saturated rings. The monoisotopic (exact) mass is 238 g/mol. The van der Waals surface area contributed by atoms with Crippen molar-refractivity contribution >= 4 is 11.6 Å². The molecule has 0 heterocycles. The lowest BCUT2D eigenvalue weighted by Gasteiger charge is -2.06. The summed E-state index contributed by atoms with van der Waals surface area (Å²) in [5.41, 5.74) is 0.623. The van der Waals surface area contributed by atoms with Gasteiger partial charge in [-0.1, -0.05) is 11.6 Å². The van der Waals surface area contributed by atoms with Crippen LogP contribution in [0.25, 0.3) is 11.1 Å². The first kappa shape index (κ1) is 10.8. The van der Waals surface area contributed by atoms with Gasteiger partial charge in [0.25, 0.3) is 0 Å². The van der Waals surface area contributed by atoms with E-state index in [9.17, 15) is 9.50 Å². The van der Waals surface area contributed by atoms with E-state index in [0.29, 0.717) is 10.6 Å². The molecular weight excluding hydrogens is 231 g/mol. The number of phenolic OH excluding ortho intramolecular Hbond substituents is 2. The van der Waals surface area contributed by atoms with Gasteiger partial charge in [0.2, 0.25) is 0 Å². The molecular formula is C12H8ClFO2. The SMILES string of the molecule is Oc1ccc(-c2cc(O)ccc2Cl)c(F)c1. The zero-order valence-corrected chi connectivity index (χ0v) is 8.87. The van der Waals surface area contributed by atoms with Crippen LogP contribution in [0.2, 0.25) is 5.02 Å². The van der Waals surface area contributed by atoms with Crippen molar-refractivity contribution in [3.8, 4) is 22.6 Å². The van der Waals surface area contributed by atoms with Crippen LogP contribution in [0.1, 0.15) is 0 Å². The summed E-state index contributed by atoms with van der Waals surface area (Å²) >= 11 is 5.90. The third-order valence-electron chi connectivity index (χ3n) is 2.19. The van der Waals surface area contributed by atoms with E-state index in [2.05, 4.69) is 0 Å². The molecule has 0 saturated carbocycles. The van der Waals surface area contributed by atoms with Crippen LogP contribution < -0.4 is 0 Å². The molecule has 0 aliphatic rings. The summed E-state index contributed by atoms with van der Waals surface area (Å²) in [6.07, 6.45) is 0. The number of benzene rings is 2. The zero-order valence-electron chi connectivity index (χ0n) is 8.11. The molecule has 0 aliphatic heterocycles. The minimum atomic E-state index is -0.590. The largest absolute Gasteiger partial charge is 0.508 e. The Balaban J connectivity index is 2.62. The molecule has 0 unspecified atom stereocenters.